The molecule has 13 nitrogen and oxygen atoms in total. The summed E-state index contributed by atoms with van der Waals surface area (Å²) in [6.45, 7) is 42.2. The van der Waals surface area contributed by atoms with Crippen molar-refractivity contribution in [3.8, 4) is 67.2 Å². The molecule has 0 aliphatic heterocycles. The van der Waals surface area contributed by atoms with Crippen LogP contribution in [0.25, 0.3) is 99.9 Å². The molecule has 0 N–H and O–H groups in total. The van der Waals surface area contributed by atoms with Crippen molar-refractivity contribution in [2.24, 2.45) is 32.5 Å². The van der Waals surface area contributed by atoms with Gasteiger partial charge in [0.2, 0.25) is 0 Å². The van der Waals surface area contributed by atoms with Gasteiger partial charge in [0.25, 0.3) is 0 Å². The zero-order valence-corrected chi connectivity index (χ0v) is 63.0. The van der Waals surface area contributed by atoms with Crippen LogP contribution in [-0.4, -0.2) is 44.3 Å². The molecule has 12 rings (SSSR count). The molecule has 17 heteroatoms. The van der Waals surface area contributed by atoms with Crippen LogP contribution in [0.3, 0.4) is 0 Å². The van der Waals surface area contributed by atoms with E-state index in [2.05, 4.69) is 143 Å². The summed E-state index contributed by atoms with van der Waals surface area (Å²) in [5, 5.41) is 18.6. The van der Waals surface area contributed by atoms with E-state index in [0.29, 0.717) is 50.3 Å². The number of pyridine rings is 3. The molecule has 524 valence electrons. The van der Waals surface area contributed by atoms with Gasteiger partial charge in [0, 0.05) is 119 Å². The number of rotatable bonds is 15. The Balaban J connectivity index is 1.09. The number of benzene rings is 6. The van der Waals surface area contributed by atoms with Crippen molar-refractivity contribution in [1.82, 2.24) is 44.3 Å². The molecule has 6 aromatic carbocycles. The number of fused-ring (bicyclic) bond motifs is 3. The maximum absolute atomic E-state index is 18.8. The number of hydrogen-bond acceptors (Lipinski definition) is 10. The second-order valence-electron chi connectivity index (χ2n) is 33.3. The van der Waals surface area contributed by atoms with Crippen molar-refractivity contribution in [2.75, 3.05) is 0 Å². The third-order valence-corrected chi connectivity index (χ3v) is 21.4. The van der Waals surface area contributed by atoms with E-state index in [1.165, 1.54) is 18.2 Å². The lowest BCUT2D eigenvalue weighted by Gasteiger charge is -2.58. The number of phosphoric ester groups is 1. The second-order valence-corrected chi connectivity index (χ2v) is 34.7. The molecule has 0 spiro atoms. The summed E-state index contributed by atoms with van der Waals surface area (Å²) >= 11 is 0. The molecular weight excluding hydrogens is 1290 g/mol. The van der Waals surface area contributed by atoms with Gasteiger partial charge in [-0.3, -0.25) is 28.5 Å². The molecule has 0 amide bonds. The zero-order valence-electron chi connectivity index (χ0n) is 62.1. The van der Waals surface area contributed by atoms with Gasteiger partial charge in [-0.05, 0) is 163 Å². The summed E-state index contributed by atoms with van der Waals surface area (Å²) < 4.78 is 92.7. The van der Waals surface area contributed by atoms with E-state index in [4.69, 9.17) is 43.8 Å². The highest BCUT2D eigenvalue weighted by atomic mass is 31.2. The lowest BCUT2D eigenvalue weighted by Crippen LogP contribution is -2.61. The van der Waals surface area contributed by atoms with Gasteiger partial charge in [0.05, 0.1) is 33.6 Å². The summed E-state index contributed by atoms with van der Waals surface area (Å²) in [7, 11) is -5.39. The first-order valence-electron chi connectivity index (χ1n) is 34.5. The Morgan fingerprint density at radius 1 is 0.327 bits per heavy atom. The first-order chi connectivity index (χ1) is 47.1. The molecule has 6 aromatic heterocycles. The molecule has 0 aliphatic rings. The van der Waals surface area contributed by atoms with E-state index in [1.807, 2.05) is 124 Å². The van der Waals surface area contributed by atoms with Gasteiger partial charge < -0.3 is 0 Å². The molecule has 0 bridgehead atoms. The van der Waals surface area contributed by atoms with Crippen molar-refractivity contribution in [2.45, 2.75) is 163 Å². The molecule has 0 atom stereocenters. The number of aryl methyl sites for hydroxylation is 3. The highest BCUT2D eigenvalue weighted by molar-refractivity contribution is 7.48. The van der Waals surface area contributed by atoms with E-state index in [0.717, 1.165) is 66.2 Å². The van der Waals surface area contributed by atoms with Crippen LogP contribution in [0.2, 0.25) is 0 Å². The SMILES string of the molecule is Cc1cc(-c2ncccc2-c2ccc3nn(C(OP(=O)(OC(n4cc5cc(-c6cccnc6-c6ccc(F)c(C)c6)ccc5n4)(C(C)(C)C)C(C)(C)C)OC(n4cc5cc(-c6cccnc6-c6ccc(F)c(C)c6)ccc5n4)(C(C)(C)C)C(C)(C)C)(C(C)(C)C)C(C)(C)C)cc3c2)ccc1F. The monoisotopic (exact) mass is 1380 g/mol. The van der Waals surface area contributed by atoms with E-state index in [9.17, 15) is 13.2 Å². The van der Waals surface area contributed by atoms with Crippen LogP contribution in [0.4, 0.5) is 13.2 Å². The predicted molar refractivity (Wildman–Crippen MR) is 401 cm³/mol. The van der Waals surface area contributed by atoms with E-state index < -0.39 is 57.5 Å². The van der Waals surface area contributed by atoms with E-state index >= 15 is 4.57 Å². The molecule has 0 aliphatic carbocycles. The average molecular weight is 1380 g/mol. The van der Waals surface area contributed by atoms with Crippen molar-refractivity contribution in [1.29, 1.82) is 0 Å². The van der Waals surface area contributed by atoms with E-state index in [1.54, 1.807) is 57.6 Å². The van der Waals surface area contributed by atoms with E-state index in [-0.39, 0.29) is 17.5 Å². The van der Waals surface area contributed by atoms with Crippen LogP contribution < -0.4 is 0 Å². The van der Waals surface area contributed by atoms with Crippen molar-refractivity contribution < 1.29 is 31.3 Å². The summed E-state index contributed by atoms with van der Waals surface area (Å²) in [6, 6.07) is 44.9. The largest absolute Gasteiger partial charge is 0.481 e. The number of nitrogens with zero attached hydrogens (tertiary/aromatic N) is 9. The minimum atomic E-state index is -5.39. The zero-order chi connectivity index (χ0) is 73.2. The fourth-order valence-corrected chi connectivity index (χ4v) is 18.9. The first-order valence-corrected chi connectivity index (χ1v) is 35.9. The summed E-state index contributed by atoms with van der Waals surface area (Å²) in [6.07, 6.45) is 11.1. The topological polar surface area (TPSA) is 137 Å². The number of hydrogen-bond donors (Lipinski definition) is 0. The number of halogens is 3. The Morgan fingerprint density at radius 3 is 0.792 bits per heavy atom. The molecule has 0 saturated carbocycles. The highest BCUT2D eigenvalue weighted by Gasteiger charge is 2.68. The molecule has 0 fully saturated rings. The molecular formula is C84H93F3N9O4P. The maximum atomic E-state index is 18.8. The Labute approximate surface area is 592 Å². The fraction of sp³-hybridized carbons (Fsp3) is 0.357. The lowest BCUT2D eigenvalue weighted by molar-refractivity contribution is -0.267. The quantitative estimate of drug-likeness (QED) is 0.0912. The predicted octanol–water partition coefficient (Wildman–Crippen LogP) is 23.1. The minimum Gasteiger partial charge on any atom is -0.256 e. The normalized spacial score (nSPS) is 13.5. The Morgan fingerprint density at radius 2 is 0.564 bits per heavy atom. The van der Waals surface area contributed by atoms with Crippen molar-refractivity contribution in [3.63, 3.8) is 0 Å². The maximum Gasteiger partial charge on any atom is 0.481 e. The smallest absolute Gasteiger partial charge is 0.256 e. The highest BCUT2D eigenvalue weighted by Crippen LogP contribution is 2.72. The standard InChI is InChI=1S/C84H93F3N9O4P/c1-52-43-58(28-34-67(52)85)73-64(25-22-40-88-73)55-31-37-70-61(46-55)49-94(91-70)82(76(4,5)6,77(7,8)9)98-101(97,99-83(78(10,11)12,79(13,14)15)95-50-62-47-56(32-38-71(62)92-95)65-26-23-41-89-74(65)59-29-35-68(86)53(2)44-59)100-84(80(16,17)18,81(19,20)21)96-51-63-48-57(33-39-72(63)93-96)66-27-24-42-90-75(66)60-30-36-69(87)54(3)45-60/h22-51H,1-21H3. The average Bonchev–Trinajstić information content (AvgIpc) is 1.69. The van der Waals surface area contributed by atoms with Gasteiger partial charge in [-0.2, -0.15) is 15.3 Å². The third-order valence-electron chi connectivity index (χ3n) is 20.0. The molecule has 6 heterocycles. The fourth-order valence-electron chi connectivity index (χ4n) is 16.0. The Kier molecular flexibility index (Phi) is 18.0. The van der Waals surface area contributed by atoms with Gasteiger partial charge in [-0.25, -0.2) is 31.8 Å². The molecule has 101 heavy (non-hydrogen) atoms. The summed E-state index contributed by atoms with van der Waals surface area (Å²) in [5.74, 6) is -0.890. The van der Waals surface area contributed by atoms with Gasteiger partial charge >= 0.3 is 7.82 Å². The van der Waals surface area contributed by atoms with Crippen LogP contribution in [0.5, 0.6) is 0 Å². The Hall–Kier alpha value is -8.92. The third kappa shape index (κ3) is 12.5. The first kappa shape index (κ1) is 71.9. The van der Waals surface area contributed by atoms with Gasteiger partial charge in [-0.1, -0.05) is 161 Å². The van der Waals surface area contributed by atoms with Crippen LogP contribution in [0.1, 0.15) is 141 Å². The molecule has 0 radical (unpaired) electrons. The van der Waals surface area contributed by atoms with Crippen LogP contribution in [0, 0.1) is 70.7 Å². The van der Waals surface area contributed by atoms with Gasteiger partial charge in [-0.15, -0.1) is 0 Å². The van der Waals surface area contributed by atoms with Crippen LogP contribution >= 0.6 is 7.82 Å². The lowest BCUT2D eigenvalue weighted by atomic mass is 9.68. The van der Waals surface area contributed by atoms with Crippen LogP contribution in [0.15, 0.2) is 183 Å². The molecule has 0 unspecified atom stereocenters. The van der Waals surface area contributed by atoms with Crippen LogP contribution in [-0.2, 0) is 35.3 Å². The second kappa shape index (κ2) is 25.3. The summed E-state index contributed by atoms with van der Waals surface area (Å²) in [5.41, 5.74) is 1.81. The van der Waals surface area contributed by atoms with Gasteiger partial charge in [0.1, 0.15) is 17.5 Å². The van der Waals surface area contributed by atoms with Crippen molar-refractivity contribution >= 4 is 40.5 Å². The van der Waals surface area contributed by atoms with Crippen molar-refractivity contribution in [3.05, 3.63) is 217 Å². The Bertz CT molecular complexity index is 4670. The molecule has 0 saturated heterocycles. The van der Waals surface area contributed by atoms with Gasteiger partial charge in [0.15, 0.2) is 17.2 Å². The minimum absolute atomic E-state index is 0.297. The summed E-state index contributed by atoms with van der Waals surface area (Å²) in [4.78, 5) is 14.5. The molecule has 12 aromatic rings. The number of aromatic nitrogens is 9. The number of phosphoric acid groups is 1.